The zero-order chi connectivity index (χ0) is 13.1. The van der Waals surface area contributed by atoms with Crippen molar-refractivity contribution in [2.75, 3.05) is 45.2 Å². The zero-order valence-corrected chi connectivity index (χ0v) is 11.4. The first kappa shape index (κ1) is 12.9. The second-order valence-electron chi connectivity index (χ2n) is 4.94. The average Bonchev–Trinajstić information content (AvgIpc) is 2.39. The molecule has 1 heterocycles. The minimum absolute atomic E-state index is 0.0615. The number of rotatable bonds is 2. The third-order valence-corrected chi connectivity index (χ3v) is 3.32. The van der Waals surface area contributed by atoms with Crippen LogP contribution in [0, 0.1) is 6.92 Å². The van der Waals surface area contributed by atoms with Crippen molar-refractivity contribution >= 4 is 11.6 Å². The van der Waals surface area contributed by atoms with E-state index in [4.69, 9.17) is 0 Å². The molecule has 4 nitrogen and oxygen atoms in total. The molecule has 0 radical (unpaired) electrons. The lowest BCUT2D eigenvalue weighted by atomic mass is 10.1. The number of nitrogens with zero attached hydrogens (tertiary/aromatic N) is 2. The van der Waals surface area contributed by atoms with Crippen molar-refractivity contribution < 1.29 is 4.79 Å². The first-order chi connectivity index (χ1) is 8.59. The summed E-state index contributed by atoms with van der Waals surface area (Å²) >= 11 is 0. The number of hydrogen-bond acceptors (Lipinski definition) is 3. The Morgan fingerprint density at radius 3 is 2.56 bits per heavy atom. The van der Waals surface area contributed by atoms with Gasteiger partial charge in [0.15, 0.2) is 0 Å². The van der Waals surface area contributed by atoms with E-state index < -0.39 is 0 Å². The lowest BCUT2D eigenvalue weighted by Crippen LogP contribution is -2.43. The molecule has 1 aromatic rings. The third kappa shape index (κ3) is 2.64. The number of benzene rings is 1. The molecule has 0 bridgehead atoms. The molecule has 1 aliphatic heterocycles. The van der Waals surface area contributed by atoms with Crippen LogP contribution in [0.4, 0.5) is 5.69 Å². The Morgan fingerprint density at radius 2 is 1.94 bits per heavy atom. The summed E-state index contributed by atoms with van der Waals surface area (Å²) in [6.45, 7) is 6.11. The zero-order valence-electron chi connectivity index (χ0n) is 11.4. The molecule has 1 aromatic carbocycles. The molecule has 0 aliphatic carbocycles. The molecule has 0 aromatic heterocycles. The number of aryl methyl sites for hydroxylation is 1. The molecule has 1 saturated heterocycles. The minimum Gasteiger partial charge on any atom is -0.369 e. The van der Waals surface area contributed by atoms with E-state index in [1.165, 1.54) is 11.3 Å². The van der Waals surface area contributed by atoms with E-state index in [0.29, 0.717) is 0 Å². The van der Waals surface area contributed by atoms with Gasteiger partial charge in [-0.05, 0) is 24.6 Å². The van der Waals surface area contributed by atoms with Crippen molar-refractivity contribution in [3.8, 4) is 0 Å². The van der Waals surface area contributed by atoms with Gasteiger partial charge in [-0.2, -0.15) is 0 Å². The summed E-state index contributed by atoms with van der Waals surface area (Å²) in [5, 5.41) is 3.34. The largest absolute Gasteiger partial charge is 0.369 e. The standard InChI is InChI=1S/C14H21N3O/c1-11-4-5-12(14(18)16(2)3)10-13(11)17-8-6-15-7-9-17/h4-5,10,15H,6-9H2,1-3H3. The van der Waals surface area contributed by atoms with E-state index in [-0.39, 0.29) is 5.91 Å². The summed E-state index contributed by atoms with van der Waals surface area (Å²) in [5.41, 5.74) is 3.18. The van der Waals surface area contributed by atoms with Crippen molar-refractivity contribution in [3.63, 3.8) is 0 Å². The fourth-order valence-corrected chi connectivity index (χ4v) is 2.25. The van der Waals surface area contributed by atoms with Gasteiger partial charge in [0.05, 0.1) is 0 Å². The molecular formula is C14H21N3O. The van der Waals surface area contributed by atoms with E-state index in [1.807, 2.05) is 18.2 Å². The summed E-state index contributed by atoms with van der Waals surface area (Å²) in [4.78, 5) is 15.9. The van der Waals surface area contributed by atoms with Crippen LogP contribution < -0.4 is 10.2 Å². The molecule has 1 N–H and O–H groups in total. The fourth-order valence-electron chi connectivity index (χ4n) is 2.25. The quantitative estimate of drug-likeness (QED) is 0.850. The van der Waals surface area contributed by atoms with Crippen LogP contribution in [0.3, 0.4) is 0 Å². The Hall–Kier alpha value is -1.55. The molecule has 0 atom stereocenters. The molecule has 1 aliphatic rings. The van der Waals surface area contributed by atoms with Gasteiger partial charge in [-0.15, -0.1) is 0 Å². The summed E-state index contributed by atoms with van der Waals surface area (Å²) < 4.78 is 0. The third-order valence-electron chi connectivity index (χ3n) is 3.32. The molecule has 18 heavy (non-hydrogen) atoms. The topological polar surface area (TPSA) is 35.6 Å². The van der Waals surface area contributed by atoms with Crippen LogP contribution in [0.2, 0.25) is 0 Å². The predicted molar refractivity (Wildman–Crippen MR) is 74.3 cm³/mol. The Labute approximate surface area is 109 Å². The molecule has 0 spiro atoms. The van der Waals surface area contributed by atoms with Gasteiger partial charge >= 0.3 is 0 Å². The molecule has 98 valence electrons. The van der Waals surface area contributed by atoms with E-state index in [1.54, 1.807) is 19.0 Å². The monoisotopic (exact) mass is 247 g/mol. The number of amides is 1. The summed E-state index contributed by atoms with van der Waals surface area (Å²) in [7, 11) is 3.57. The van der Waals surface area contributed by atoms with Crippen LogP contribution >= 0.6 is 0 Å². The number of carbonyl (C=O) groups excluding carboxylic acids is 1. The highest BCUT2D eigenvalue weighted by molar-refractivity contribution is 5.95. The van der Waals surface area contributed by atoms with Crippen LogP contribution in [0.5, 0.6) is 0 Å². The van der Waals surface area contributed by atoms with Crippen molar-refractivity contribution in [1.82, 2.24) is 10.2 Å². The van der Waals surface area contributed by atoms with Gasteiger partial charge in [0.1, 0.15) is 0 Å². The summed E-state index contributed by atoms with van der Waals surface area (Å²) in [6.07, 6.45) is 0. The number of nitrogens with one attached hydrogen (secondary N) is 1. The van der Waals surface area contributed by atoms with Gasteiger partial charge in [-0.25, -0.2) is 0 Å². The van der Waals surface area contributed by atoms with Crippen molar-refractivity contribution in [2.45, 2.75) is 6.92 Å². The molecule has 4 heteroatoms. The molecular weight excluding hydrogens is 226 g/mol. The minimum atomic E-state index is 0.0615. The van der Waals surface area contributed by atoms with Crippen LogP contribution in [-0.2, 0) is 0 Å². The van der Waals surface area contributed by atoms with Gasteiger partial charge < -0.3 is 15.1 Å². The Bertz CT molecular complexity index is 437. The number of carbonyl (C=O) groups is 1. The second-order valence-corrected chi connectivity index (χ2v) is 4.94. The van der Waals surface area contributed by atoms with E-state index in [2.05, 4.69) is 17.1 Å². The van der Waals surface area contributed by atoms with Crippen LogP contribution in [0.1, 0.15) is 15.9 Å². The van der Waals surface area contributed by atoms with Crippen LogP contribution in [0.25, 0.3) is 0 Å². The molecule has 1 fully saturated rings. The fraction of sp³-hybridized carbons (Fsp3) is 0.500. The predicted octanol–water partition coefficient (Wildman–Crippen LogP) is 1.11. The maximum atomic E-state index is 12.0. The lowest BCUT2D eigenvalue weighted by molar-refractivity contribution is 0.0827. The molecule has 2 rings (SSSR count). The molecule has 1 amide bonds. The summed E-state index contributed by atoms with van der Waals surface area (Å²) in [6, 6.07) is 5.96. The highest BCUT2D eigenvalue weighted by Crippen LogP contribution is 2.22. The average molecular weight is 247 g/mol. The van der Waals surface area contributed by atoms with E-state index in [9.17, 15) is 4.79 Å². The Balaban J connectivity index is 2.28. The van der Waals surface area contributed by atoms with E-state index >= 15 is 0 Å². The van der Waals surface area contributed by atoms with Gasteiger partial charge in [-0.1, -0.05) is 6.07 Å². The summed E-state index contributed by atoms with van der Waals surface area (Å²) in [5.74, 6) is 0.0615. The van der Waals surface area contributed by atoms with Gasteiger partial charge in [0.25, 0.3) is 5.91 Å². The number of anilines is 1. The maximum absolute atomic E-state index is 12.0. The van der Waals surface area contributed by atoms with Gasteiger partial charge in [0, 0.05) is 51.5 Å². The molecule has 0 saturated carbocycles. The molecule has 0 unspecified atom stereocenters. The van der Waals surface area contributed by atoms with Crippen LogP contribution in [0.15, 0.2) is 18.2 Å². The first-order valence-corrected chi connectivity index (χ1v) is 6.37. The van der Waals surface area contributed by atoms with Crippen LogP contribution in [-0.4, -0.2) is 51.1 Å². The highest BCUT2D eigenvalue weighted by Gasteiger charge is 2.15. The number of piperazine rings is 1. The van der Waals surface area contributed by atoms with Crippen molar-refractivity contribution in [1.29, 1.82) is 0 Å². The Kier molecular flexibility index (Phi) is 3.87. The number of hydrogen-bond donors (Lipinski definition) is 1. The second kappa shape index (κ2) is 5.40. The van der Waals surface area contributed by atoms with E-state index in [0.717, 1.165) is 31.7 Å². The Morgan fingerprint density at radius 1 is 1.28 bits per heavy atom. The van der Waals surface area contributed by atoms with Crippen molar-refractivity contribution in [2.24, 2.45) is 0 Å². The SMILES string of the molecule is Cc1ccc(C(=O)N(C)C)cc1N1CCNCC1. The van der Waals surface area contributed by atoms with Gasteiger partial charge in [0.2, 0.25) is 0 Å². The first-order valence-electron chi connectivity index (χ1n) is 6.37. The van der Waals surface area contributed by atoms with Crippen molar-refractivity contribution in [3.05, 3.63) is 29.3 Å². The maximum Gasteiger partial charge on any atom is 0.253 e. The smallest absolute Gasteiger partial charge is 0.253 e. The lowest BCUT2D eigenvalue weighted by Gasteiger charge is -2.31. The highest BCUT2D eigenvalue weighted by atomic mass is 16.2. The van der Waals surface area contributed by atoms with Gasteiger partial charge in [-0.3, -0.25) is 4.79 Å². The normalized spacial score (nSPS) is 15.6.